The summed E-state index contributed by atoms with van der Waals surface area (Å²) in [6, 6.07) is -0.306. The van der Waals surface area contributed by atoms with E-state index in [0.717, 1.165) is 43.6 Å². The molecule has 2 aliphatic rings. The molecule has 4 heteroatoms. The minimum atomic E-state index is -0.306. The van der Waals surface area contributed by atoms with Gasteiger partial charge in [-0.15, -0.1) is 12.4 Å². The molecule has 18 heavy (non-hydrogen) atoms. The van der Waals surface area contributed by atoms with E-state index in [1.165, 1.54) is 25.7 Å². The Hall–Kier alpha value is -0.280. The van der Waals surface area contributed by atoms with Crippen LogP contribution in [0.1, 0.15) is 51.9 Å². The van der Waals surface area contributed by atoms with Gasteiger partial charge in [-0.1, -0.05) is 19.8 Å². The molecule has 0 aliphatic heterocycles. The van der Waals surface area contributed by atoms with Gasteiger partial charge < -0.3 is 11.1 Å². The predicted molar refractivity (Wildman–Crippen MR) is 76.7 cm³/mol. The summed E-state index contributed by atoms with van der Waals surface area (Å²) in [7, 11) is 0. The molecule has 2 bridgehead atoms. The van der Waals surface area contributed by atoms with Gasteiger partial charge in [0.05, 0.1) is 6.04 Å². The van der Waals surface area contributed by atoms with Crippen LogP contribution < -0.4 is 11.1 Å². The Bertz CT molecular complexity index is 273. The SMILES string of the molecule is CCCC(N)C(=O)NCCC1CC2CCC1C2.Cl. The first-order valence-corrected chi connectivity index (χ1v) is 7.24. The van der Waals surface area contributed by atoms with Crippen LogP contribution in [0.25, 0.3) is 0 Å². The van der Waals surface area contributed by atoms with Crippen molar-refractivity contribution in [1.82, 2.24) is 5.32 Å². The van der Waals surface area contributed by atoms with Crippen molar-refractivity contribution in [3.05, 3.63) is 0 Å². The van der Waals surface area contributed by atoms with Crippen molar-refractivity contribution in [2.75, 3.05) is 6.54 Å². The highest BCUT2D eigenvalue weighted by molar-refractivity contribution is 5.85. The fraction of sp³-hybridized carbons (Fsp3) is 0.929. The summed E-state index contributed by atoms with van der Waals surface area (Å²) < 4.78 is 0. The van der Waals surface area contributed by atoms with E-state index in [4.69, 9.17) is 5.73 Å². The molecule has 2 fully saturated rings. The van der Waals surface area contributed by atoms with Crippen LogP contribution >= 0.6 is 12.4 Å². The predicted octanol–water partition coefficient (Wildman–Crippen LogP) is 2.48. The lowest BCUT2D eigenvalue weighted by Gasteiger charge is -2.21. The van der Waals surface area contributed by atoms with Crippen LogP contribution in [0.4, 0.5) is 0 Å². The standard InChI is InChI=1S/C14H26N2O.ClH/c1-2-3-13(15)14(17)16-7-6-12-9-10-4-5-11(12)8-10;/h10-13H,2-9,15H2,1H3,(H,16,17);1H. The number of nitrogens with one attached hydrogen (secondary N) is 1. The third kappa shape index (κ3) is 3.86. The Kier molecular flexibility index (Phi) is 6.44. The largest absolute Gasteiger partial charge is 0.355 e. The molecule has 4 atom stereocenters. The Morgan fingerprint density at radius 1 is 1.39 bits per heavy atom. The van der Waals surface area contributed by atoms with E-state index >= 15 is 0 Å². The van der Waals surface area contributed by atoms with Crippen molar-refractivity contribution >= 4 is 18.3 Å². The van der Waals surface area contributed by atoms with E-state index < -0.39 is 0 Å². The average Bonchev–Trinajstić information content (AvgIpc) is 2.91. The first kappa shape index (κ1) is 15.8. The zero-order valence-electron chi connectivity index (χ0n) is 11.4. The topological polar surface area (TPSA) is 55.1 Å². The molecule has 2 saturated carbocycles. The van der Waals surface area contributed by atoms with Crippen molar-refractivity contribution in [1.29, 1.82) is 0 Å². The van der Waals surface area contributed by atoms with Crippen LogP contribution in [0, 0.1) is 17.8 Å². The van der Waals surface area contributed by atoms with Gasteiger partial charge in [-0.25, -0.2) is 0 Å². The molecule has 0 aromatic carbocycles. The highest BCUT2D eigenvalue weighted by Gasteiger charge is 2.38. The maximum Gasteiger partial charge on any atom is 0.236 e. The highest BCUT2D eigenvalue weighted by atomic mass is 35.5. The third-order valence-electron chi connectivity index (χ3n) is 4.64. The molecule has 1 amide bonds. The lowest BCUT2D eigenvalue weighted by molar-refractivity contribution is -0.122. The van der Waals surface area contributed by atoms with Gasteiger partial charge in [0.25, 0.3) is 0 Å². The molecule has 0 aromatic heterocycles. The number of fused-ring (bicyclic) bond motifs is 2. The summed E-state index contributed by atoms with van der Waals surface area (Å²) in [6.45, 7) is 2.88. The lowest BCUT2D eigenvalue weighted by Crippen LogP contribution is -2.41. The van der Waals surface area contributed by atoms with Gasteiger partial charge in [0.1, 0.15) is 0 Å². The van der Waals surface area contributed by atoms with Gasteiger partial charge in [0.15, 0.2) is 0 Å². The normalized spacial score (nSPS) is 30.9. The van der Waals surface area contributed by atoms with Gasteiger partial charge in [-0.3, -0.25) is 4.79 Å². The van der Waals surface area contributed by atoms with Gasteiger partial charge in [-0.05, 0) is 49.9 Å². The molecular weight excluding hydrogens is 248 g/mol. The van der Waals surface area contributed by atoms with Gasteiger partial charge >= 0.3 is 0 Å². The smallest absolute Gasteiger partial charge is 0.236 e. The Morgan fingerprint density at radius 3 is 2.72 bits per heavy atom. The summed E-state index contributed by atoms with van der Waals surface area (Å²) in [5.74, 6) is 2.87. The lowest BCUT2D eigenvalue weighted by atomic mass is 9.86. The molecule has 2 aliphatic carbocycles. The molecular formula is C14H27ClN2O. The van der Waals surface area contributed by atoms with Crippen molar-refractivity contribution in [3.63, 3.8) is 0 Å². The van der Waals surface area contributed by atoms with Gasteiger partial charge in [-0.2, -0.15) is 0 Å². The monoisotopic (exact) mass is 274 g/mol. The highest BCUT2D eigenvalue weighted by Crippen LogP contribution is 2.49. The molecule has 3 nitrogen and oxygen atoms in total. The van der Waals surface area contributed by atoms with Crippen LogP contribution in [-0.4, -0.2) is 18.5 Å². The van der Waals surface area contributed by atoms with Crippen molar-refractivity contribution in [2.24, 2.45) is 23.5 Å². The number of carbonyl (C=O) groups excluding carboxylic acids is 1. The summed E-state index contributed by atoms with van der Waals surface area (Å²) in [5, 5.41) is 2.99. The second kappa shape index (κ2) is 7.34. The summed E-state index contributed by atoms with van der Waals surface area (Å²) in [4.78, 5) is 11.6. The number of carbonyl (C=O) groups is 1. The van der Waals surface area contributed by atoms with Crippen molar-refractivity contribution < 1.29 is 4.79 Å². The van der Waals surface area contributed by atoms with Crippen LogP contribution in [0.15, 0.2) is 0 Å². The maximum atomic E-state index is 11.6. The Labute approximate surface area is 117 Å². The summed E-state index contributed by atoms with van der Waals surface area (Å²) >= 11 is 0. The molecule has 2 rings (SSSR count). The fourth-order valence-electron chi connectivity index (χ4n) is 3.68. The minimum Gasteiger partial charge on any atom is -0.355 e. The second-order valence-corrected chi connectivity index (χ2v) is 5.91. The number of amides is 1. The first-order valence-electron chi connectivity index (χ1n) is 7.24. The van der Waals surface area contributed by atoms with E-state index in [9.17, 15) is 4.79 Å². The summed E-state index contributed by atoms with van der Waals surface area (Å²) in [6.07, 6.45) is 8.66. The van der Waals surface area contributed by atoms with Crippen molar-refractivity contribution in [2.45, 2.75) is 57.9 Å². The zero-order chi connectivity index (χ0) is 12.3. The van der Waals surface area contributed by atoms with E-state index in [1.54, 1.807) is 0 Å². The molecule has 0 radical (unpaired) electrons. The van der Waals surface area contributed by atoms with E-state index in [0.29, 0.717) is 0 Å². The molecule has 0 spiro atoms. The summed E-state index contributed by atoms with van der Waals surface area (Å²) in [5.41, 5.74) is 5.77. The zero-order valence-corrected chi connectivity index (χ0v) is 12.2. The number of hydrogen-bond acceptors (Lipinski definition) is 2. The van der Waals surface area contributed by atoms with E-state index in [2.05, 4.69) is 12.2 Å². The Morgan fingerprint density at radius 2 is 2.17 bits per heavy atom. The van der Waals surface area contributed by atoms with Crippen LogP contribution in [0.2, 0.25) is 0 Å². The Balaban J connectivity index is 0.00000162. The maximum absolute atomic E-state index is 11.6. The van der Waals surface area contributed by atoms with Crippen LogP contribution in [-0.2, 0) is 4.79 Å². The van der Waals surface area contributed by atoms with Crippen LogP contribution in [0.3, 0.4) is 0 Å². The van der Waals surface area contributed by atoms with E-state index in [1.807, 2.05) is 0 Å². The number of halogens is 1. The van der Waals surface area contributed by atoms with Crippen molar-refractivity contribution in [3.8, 4) is 0 Å². The number of rotatable bonds is 6. The first-order chi connectivity index (χ1) is 8.20. The third-order valence-corrected chi connectivity index (χ3v) is 4.64. The molecule has 106 valence electrons. The molecule has 0 saturated heterocycles. The van der Waals surface area contributed by atoms with Gasteiger partial charge in [0.2, 0.25) is 5.91 Å². The van der Waals surface area contributed by atoms with E-state index in [-0.39, 0.29) is 24.4 Å². The fourth-order valence-corrected chi connectivity index (χ4v) is 3.68. The molecule has 0 aromatic rings. The number of nitrogens with two attached hydrogens (primary N) is 1. The molecule has 0 heterocycles. The second-order valence-electron chi connectivity index (χ2n) is 5.91. The van der Waals surface area contributed by atoms with Crippen LogP contribution in [0.5, 0.6) is 0 Å². The molecule has 3 N–H and O–H groups in total. The minimum absolute atomic E-state index is 0. The van der Waals surface area contributed by atoms with Gasteiger partial charge in [0, 0.05) is 6.54 Å². The number of hydrogen-bond donors (Lipinski definition) is 2. The average molecular weight is 275 g/mol. The molecule has 4 unspecified atom stereocenters. The quantitative estimate of drug-likeness (QED) is 0.782.